The number of benzene rings is 1. The number of hydrogen-bond acceptors (Lipinski definition) is 5. The van der Waals surface area contributed by atoms with Gasteiger partial charge in [0.15, 0.2) is 0 Å². The fourth-order valence-corrected chi connectivity index (χ4v) is 3.57. The first-order valence-electron chi connectivity index (χ1n) is 8.10. The van der Waals surface area contributed by atoms with Crippen LogP contribution in [0.15, 0.2) is 29.4 Å². The zero-order chi connectivity index (χ0) is 16.8. The Balaban J connectivity index is 1.44. The number of H-pyrrole nitrogens is 1. The van der Waals surface area contributed by atoms with Gasteiger partial charge in [-0.1, -0.05) is 30.7 Å². The summed E-state index contributed by atoms with van der Waals surface area (Å²) in [6.45, 7) is 0. The summed E-state index contributed by atoms with van der Waals surface area (Å²) >= 11 is 1.48. The third-order valence-corrected chi connectivity index (χ3v) is 4.91. The molecule has 1 amide bonds. The van der Waals surface area contributed by atoms with Gasteiger partial charge in [-0.2, -0.15) is 5.26 Å². The SMILES string of the molecule is N#Cc1cccc(NC(=O)CCSc2n[nH]c(C3CCCC3)n2)c1. The monoisotopic (exact) mass is 341 g/mol. The number of nitriles is 1. The molecule has 1 aliphatic carbocycles. The topological polar surface area (TPSA) is 94.5 Å². The summed E-state index contributed by atoms with van der Waals surface area (Å²) in [5.74, 6) is 2.03. The summed E-state index contributed by atoms with van der Waals surface area (Å²) in [5, 5.41) is 19.6. The van der Waals surface area contributed by atoms with E-state index in [1.54, 1.807) is 24.3 Å². The Morgan fingerprint density at radius 1 is 1.42 bits per heavy atom. The van der Waals surface area contributed by atoms with E-state index in [1.807, 2.05) is 0 Å². The summed E-state index contributed by atoms with van der Waals surface area (Å²) in [6, 6.07) is 8.95. The van der Waals surface area contributed by atoms with Crippen LogP contribution in [0.2, 0.25) is 0 Å². The average Bonchev–Trinajstić information content (AvgIpc) is 3.26. The van der Waals surface area contributed by atoms with Crippen molar-refractivity contribution in [2.24, 2.45) is 0 Å². The largest absolute Gasteiger partial charge is 0.326 e. The number of nitrogens with one attached hydrogen (secondary N) is 2. The van der Waals surface area contributed by atoms with Gasteiger partial charge in [-0.3, -0.25) is 9.89 Å². The summed E-state index contributed by atoms with van der Waals surface area (Å²) in [5.41, 5.74) is 1.17. The number of carbonyl (C=O) groups excluding carboxylic acids is 1. The van der Waals surface area contributed by atoms with Crippen LogP contribution in [0.1, 0.15) is 49.4 Å². The molecule has 1 heterocycles. The van der Waals surface area contributed by atoms with Crippen LogP contribution in [-0.4, -0.2) is 26.8 Å². The highest BCUT2D eigenvalue weighted by molar-refractivity contribution is 7.99. The maximum atomic E-state index is 12.0. The minimum atomic E-state index is -0.0795. The Morgan fingerprint density at radius 2 is 2.25 bits per heavy atom. The standard InChI is InChI=1S/C17H19N5OS/c18-11-12-4-3-7-14(10-12)19-15(23)8-9-24-17-20-16(21-22-17)13-5-1-2-6-13/h3-4,7,10,13H,1-2,5-6,8-9H2,(H,19,23)(H,20,21,22). The molecule has 7 heteroatoms. The fourth-order valence-electron chi connectivity index (χ4n) is 2.83. The average molecular weight is 341 g/mol. The number of aromatic amines is 1. The molecule has 0 radical (unpaired) electrons. The van der Waals surface area contributed by atoms with Gasteiger partial charge in [0.2, 0.25) is 11.1 Å². The number of nitrogens with zero attached hydrogens (tertiary/aromatic N) is 3. The quantitative estimate of drug-likeness (QED) is 0.785. The zero-order valence-corrected chi connectivity index (χ0v) is 14.1. The minimum Gasteiger partial charge on any atom is -0.326 e. The first-order chi connectivity index (χ1) is 11.7. The molecule has 2 aromatic rings. The van der Waals surface area contributed by atoms with Gasteiger partial charge in [0, 0.05) is 23.8 Å². The van der Waals surface area contributed by atoms with Gasteiger partial charge >= 0.3 is 0 Å². The normalized spacial score (nSPS) is 14.5. The molecule has 0 aliphatic heterocycles. The number of carbonyl (C=O) groups is 1. The molecule has 1 aromatic carbocycles. The second-order valence-corrected chi connectivity index (χ2v) is 6.89. The number of anilines is 1. The first kappa shape index (κ1) is 16.5. The third kappa shape index (κ3) is 4.36. The highest BCUT2D eigenvalue weighted by atomic mass is 32.2. The van der Waals surface area contributed by atoms with Gasteiger partial charge in [0.25, 0.3) is 0 Å². The van der Waals surface area contributed by atoms with Crippen molar-refractivity contribution < 1.29 is 4.79 Å². The zero-order valence-electron chi connectivity index (χ0n) is 13.3. The lowest BCUT2D eigenvalue weighted by Crippen LogP contribution is -2.12. The van der Waals surface area contributed by atoms with Crippen molar-refractivity contribution >= 4 is 23.4 Å². The Labute approximate surface area is 145 Å². The predicted octanol–water partition coefficient (Wildman–Crippen LogP) is 3.45. The molecular weight excluding hydrogens is 322 g/mol. The lowest BCUT2D eigenvalue weighted by atomic mass is 10.1. The van der Waals surface area contributed by atoms with Gasteiger partial charge in [-0.15, -0.1) is 5.10 Å². The van der Waals surface area contributed by atoms with Crippen molar-refractivity contribution in [1.29, 1.82) is 5.26 Å². The molecule has 1 aliphatic rings. The van der Waals surface area contributed by atoms with Crippen LogP contribution < -0.4 is 5.32 Å². The van der Waals surface area contributed by atoms with Crippen LogP contribution >= 0.6 is 11.8 Å². The number of hydrogen-bond donors (Lipinski definition) is 2. The summed E-state index contributed by atoms with van der Waals surface area (Å²) < 4.78 is 0. The van der Waals surface area contributed by atoms with Crippen LogP contribution in [0.3, 0.4) is 0 Å². The second kappa shape index (κ2) is 7.97. The van der Waals surface area contributed by atoms with E-state index >= 15 is 0 Å². The molecular formula is C17H19N5OS. The van der Waals surface area contributed by atoms with E-state index in [0.29, 0.717) is 34.5 Å². The molecule has 0 bridgehead atoms. The minimum absolute atomic E-state index is 0.0795. The van der Waals surface area contributed by atoms with Crippen LogP contribution in [0.4, 0.5) is 5.69 Å². The maximum absolute atomic E-state index is 12.0. The van der Waals surface area contributed by atoms with Crippen LogP contribution in [-0.2, 0) is 4.79 Å². The molecule has 6 nitrogen and oxygen atoms in total. The summed E-state index contributed by atoms with van der Waals surface area (Å²) in [6.07, 6.45) is 5.27. The van der Waals surface area contributed by atoms with Crippen LogP contribution in [0.25, 0.3) is 0 Å². The molecule has 0 spiro atoms. The Kier molecular flexibility index (Phi) is 5.49. The van der Waals surface area contributed by atoms with E-state index in [2.05, 4.69) is 26.6 Å². The van der Waals surface area contributed by atoms with Crippen molar-refractivity contribution in [2.75, 3.05) is 11.1 Å². The third-order valence-electron chi connectivity index (χ3n) is 4.06. The van der Waals surface area contributed by atoms with Gasteiger partial charge in [0.05, 0.1) is 11.6 Å². The molecule has 1 saturated carbocycles. The van der Waals surface area contributed by atoms with E-state index in [1.165, 1.54) is 37.4 Å². The molecule has 1 aromatic heterocycles. The van der Waals surface area contributed by atoms with Crippen molar-refractivity contribution in [3.8, 4) is 6.07 Å². The number of thioether (sulfide) groups is 1. The van der Waals surface area contributed by atoms with Gasteiger partial charge in [0.1, 0.15) is 5.82 Å². The number of rotatable bonds is 6. The predicted molar refractivity (Wildman–Crippen MR) is 92.7 cm³/mol. The highest BCUT2D eigenvalue weighted by Crippen LogP contribution is 2.32. The molecule has 0 atom stereocenters. The number of amides is 1. The van der Waals surface area contributed by atoms with Gasteiger partial charge in [-0.05, 0) is 31.0 Å². The lowest BCUT2D eigenvalue weighted by Gasteiger charge is -2.04. The van der Waals surface area contributed by atoms with Crippen molar-refractivity contribution in [1.82, 2.24) is 15.2 Å². The van der Waals surface area contributed by atoms with Gasteiger partial charge in [-0.25, -0.2) is 4.98 Å². The number of aromatic nitrogens is 3. The Hall–Kier alpha value is -2.33. The second-order valence-electron chi connectivity index (χ2n) is 5.82. The molecule has 24 heavy (non-hydrogen) atoms. The van der Waals surface area contributed by atoms with E-state index < -0.39 is 0 Å². The van der Waals surface area contributed by atoms with Crippen molar-refractivity contribution in [3.63, 3.8) is 0 Å². The maximum Gasteiger partial charge on any atom is 0.225 e. The van der Waals surface area contributed by atoms with E-state index in [-0.39, 0.29) is 5.91 Å². The first-order valence-corrected chi connectivity index (χ1v) is 9.08. The van der Waals surface area contributed by atoms with E-state index in [9.17, 15) is 4.79 Å². The fraction of sp³-hybridized carbons (Fsp3) is 0.412. The molecule has 3 rings (SSSR count). The smallest absolute Gasteiger partial charge is 0.225 e. The Bertz CT molecular complexity index is 745. The molecule has 1 fully saturated rings. The van der Waals surface area contributed by atoms with Crippen molar-refractivity contribution in [2.45, 2.75) is 43.2 Å². The van der Waals surface area contributed by atoms with Gasteiger partial charge < -0.3 is 5.32 Å². The van der Waals surface area contributed by atoms with Crippen LogP contribution in [0.5, 0.6) is 0 Å². The molecule has 0 unspecified atom stereocenters. The molecule has 124 valence electrons. The summed E-state index contributed by atoms with van der Waals surface area (Å²) in [7, 11) is 0. The van der Waals surface area contributed by atoms with Crippen LogP contribution in [0, 0.1) is 11.3 Å². The molecule has 0 saturated heterocycles. The van der Waals surface area contributed by atoms with Crippen molar-refractivity contribution in [3.05, 3.63) is 35.7 Å². The van der Waals surface area contributed by atoms with E-state index in [0.717, 1.165) is 5.82 Å². The lowest BCUT2D eigenvalue weighted by molar-refractivity contribution is -0.115. The van der Waals surface area contributed by atoms with E-state index in [4.69, 9.17) is 5.26 Å². The highest BCUT2D eigenvalue weighted by Gasteiger charge is 2.20. The summed E-state index contributed by atoms with van der Waals surface area (Å²) in [4.78, 5) is 16.5. The molecule has 2 N–H and O–H groups in total. The Morgan fingerprint density at radius 3 is 3.04 bits per heavy atom.